The molecule has 16 heavy (non-hydrogen) atoms. The molecule has 0 aliphatic rings. The summed E-state index contributed by atoms with van der Waals surface area (Å²) in [6.07, 6.45) is -0.195. The van der Waals surface area contributed by atoms with E-state index in [0.29, 0.717) is 5.56 Å². The number of hydrogen-bond donors (Lipinski definition) is 0. The minimum atomic E-state index is -0.498. The van der Waals surface area contributed by atoms with E-state index in [1.807, 2.05) is 26.8 Å². The van der Waals surface area contributed by atoms with Gasteiger partial charge >= 0.3 is 5.97 Å². The van der Waals surface area contributed by atoms with Gasteiger partial charge in [-0.15, -0.1) is 0 Å². The van der Waals surface area contributed by atoms with Crippen LogP contribution in [0.4, 0.5) is 0 Å². The number of Topliss-reactive ketones (excluding diaryl/α,β-unsaturated/α-hetero) is 1. The Morgan fingerprint density at radius 3 is 2.31 bits per heavy atom. The SMILES string of the molecule is COC(=O)CC(=O)c1ccc(C)c(C)c1C. The zero-order valence-corrected chi connectivity index (χ0v) is 10.1. The highest BCUT2D eigenvalue weighted by Gasteiger charge is 2.15. The molecular formula is C13H16O3. The second-order valence-electron chi connectivity index (χ2n) is 3.86. The summed E-state index contributed by atoms with van der Waals surface area (Å²) in [6.45, 7) is 5.86. The fraction of sp³-hybridized carbons (Fsp3) is 0.385. The largest absolute Gasteiger partial charge is 0.469 e. The number of esters is 1. The number of carbonyl (C=O) groups excluding carboxylic acids is 2. The highest BCUT2D eigenvalue weighted by Crippen LogP contribution is 2.18. The second kappa shape index (κ2) is 4.92. The van der Waals surface area contributed by atoms with Gasteiger partial charge in [0.25, 0.3) is 0 Å². The van der Waals surface area contributed by atoms with Crippen molar-refractivity contribution in [2.75, 3.05) is 7.11 Å². The Bertz CT molecular complexity index is 433. The Morgan fingerprint density at radius 1 is 1.12 bits per heavy atom. The molecule has 0 bridgehead atoms. The minimum absolute atomic E-state index is 0.188. The van der Waals surface area contributed by atoms with Gasteiger partial charge in [-0.1, -0.05) is 12.1 Å². The fourth-order valence-corrected chi connectivity index (χ4v) is 1.56. The van der Waals surface area contributed by atoms with Gasteiger partial charge < -0.3 is 4.74 Å². The lowest BCUT2D eigenvalue weighted by Gasteiger charge is -2.09. The third-order valence-electron chi connectivity index (χ3n) is 2.89. The molecule has 0 N–H and O–H groups in total. The first kappa shape index (κ1) is 12.4. The molecule has 3 nitrogen and oxygen atoms in total. The van der Waals surface area contributed by atoms with Gasteiger partial charge in [-0.3, -0.25) is 9.59 Å². The molecular weight excluding hydrogens is 204 g/mol. The summed E-state index contributed by atoms with van der Waals surface area (Å²) in [5.41, 5.74) is 3.78. The number of benzene rings is 1. The van der Waals surface area contributed by atoms with Gasteiger partial charge in [-0.25, -0.2) is 0 Å². The van der Waals surface area contributed by atoms with Crippen LogP contribution in [0, 0.1) is 20.8 Å². The first-order chi connectivity index (χ1) is 7.47. The topological polar surface area (TPSA) is 43.4 Å². The standard InChI is InChI=1S/C13H16O3/c1-8-5-6-11(10(3)9(8)2)12(14)7-13(15)16-4/h5-6H,7H2,1-4H3. The Labute approximate surface area is 95.4 Å². The first-order valence-corrected chi connectivity index (χ1v) is 5.14. The van der Waals surface area contributed by atoms with E-state index < -0.39 is 5.97 Å². The molecule has 1 aromatic carbocycles. The molecule has 0 aliphatic carbocycles. The van der Waals surface area contributed by atoms with Gasteiger partial charge in [0.1, 0.15) is 6.42 Å². The Morgan fingerprint density at radius 2 is 1.75 bits per heavy atom. The molecule has 0 spiro atoms. The van der Waals surface area contributed by atoms with Crippen LogP contribution in [0.15, 0.2) is 12.1 Å². The van der Waals surface area contributed by atoms with Crippen LogP contribution in [0.1, 0.15) is 33.5 Å². The molecule has 0 saturated carbocycles. The van der Waals surface area contributed by atoms with Crippen LogP contribution in [0.25, 0.3) is 0 Å². The molecule has 0 atom stereocenters. The lowest BCUT2D eigenvalue weighted by atomic mass is 9.95. The van der Waals surface area contributed by atoms with Crippen LogP contribution >= 0.6 is 0 Å². The van der Waals surface area contributed by atoms with Crippen molar-refractivity contribution in [1.82, 2.24) is 0 Å². The molecule has 0 aromatic heterocycles. The number of aryl methyl sites for hydroxylation is 1. The van der Waals surface area contributed by atoms with Crippen molar-refractivity contribution in [2.45, 2.75) is 27.2 Å². The molecule has 86 valence electrons. The van der Waals surface area contributed by atoms with Gasteiger partial charge in [0.15, 0.2) is 5.78 Å². The highest BCUT2D eigenvalue weighted by molar-refractivity contribution is 6.06. The molecule has 1 rings (SSSR count). The van der Waals surface area contributed by atoms with Gasteiger partial charge in [0.05, 0.1) is 7.11 Å². The van der Waals surface area contributed by atoms with E-state index in [2.05, 4.69) is 4.74 Å². The third kappa shape index (κ3) is 2.48. The third-order valence-corrected chi connectivity index (χ3v) is 2.89. The summed E-state index contributed by atoms with van der Waals surface area (Å²) < 4.78 is 4.48. The molecule has 0 amide bonds. The molecule has 1 aromatic rings. The summed E-state index contributed by atoms with van der Waals surface area (Å²) >= 11 is 0. The monoisotopic (exact) mass is 220 g/mol. The highest BCUT2D eigenvalue weighted by atomic mass is 16.5. The number of methoxy groups -OCH3 is 1. The smallest absolute Gasteiger partial charge is 0.313 e. The molecule has 0 saturated heterocycles. The predicted molar refractivity (Wildman–Crippen MR) is 61.6 cm³/mol. The predicted octanol–water partition coefficient (Wildman–Crippen LogP) is 2.36. The average molecular weight is 220 g/mol. The van der Waals surface area contributed by atoms with E-state index >= 15 is 0 Å². The minimum Gasteiger partial charge on any atom is -0.469 e. The number of hydrogen-bond acceptors (Lipinski definition) is 3. The molecule has 0 aliphatic heterocycles. The lowest BCUT2D eigenvalue weighted by molar-refractivity contribution is -0.139. The number of ketones is 1. The number of ether oxygens (including phenoxy) is 1. The van der Waals surface area contributed by atoms with E-state index in [1.165, 1.54) is 7.11 Å². The van der Waals surface area contributed by atoms with Gasteiger partial charge in [0, 0.05) is 5.56 Å². The van der Waals surface area contributed by atoms with Crippen molar-refractivity contribution in [2.24, 2.45) is 0 Å². The maximum Gasteiger partial charge on any atom is 0.313 e. The van der Waals surface area contributed by atoms with Crippen molar-refractivity contribution in [3.63, 3.8) is 0 Å². The van der Waals surface area contributed by atoms with Gasteiger partial charge in [-0.2, -0.15) is 0 Å². The van der Waals surface area contributed by atoms with Gasteiger partial charge in [-0.05, 0) is 37.5 Å². The molecule has 3 heteroatoms. The molecule has 0 heterocycles. The quantitative estimate of drug-likeness (QED) is 0.446. The second-order valence-corrected chi connectivity index (χ2v) is 3.86. The van der Waals surface area contributed by atoms with Crippen molar-refractivity contribution in [3.05, 3.63) is 34.4 Å². The van der Waals surface area contributed by atoms with Crippen molar-refractivity contribution >= 4 is 11.8 Å². The Hall–Kier alpha value is -1.64. The van der Waals surface area contributed by atoms with Crippen LogP contribution < -0.4 is 0 Å². The lowest BCUT2D eigenvalue weighted by Crippen LogP contribution is -2.11. The van der Waals surface area contributed by atoms with E-state index in [1.54, 1.807) is 6.07 Å². The van der Waals surface area contributed by atoms with Crippen LogP contribution in [-0.2, 0) is 9.53 Å². The van der Waals surface area contributed by atoms with Crippen LogP contribution in [0.3, 0.4) is 0 Å². The Kier molecular flexibility index (Phi) is 3.82. The van der Waals surface area contributed by atoms with Crippen molar-refractivity contribution in [3.8, 4) is 0 Å². The molecule has 0 radical (unpaired) electrons. The number of rotatable bonds is 3. The normalized spacial score (nSPS) is 10.0. The van der Waals surface area contributed by atoms with E-state index in [9.17, 15) is 9.59 Å². The number of carbonyl (C=O) groups is 2. The van der Waals surface area contributed by atoms with Crippen LogP contribution in [0.5, 0.6) is 0 Å². The average Bonchev–Trinajstić information content (AvgIpc) is 2.25. The summed E-state index contributed by atoms with van der Waals surface area (Å²) in [6, 6.07) is 3.66. The van der Waals surface area contributed by atoms with Crippen LogP contribution in [0.2, 0.25) is 0 Å². The zero-order valence-electron chi connectivity index (χ0n) is 10.1. The molecule has 0 fully saturated rings. The summed E-state index contributed by atoms with van der Waals surface area (Å²) in [7, 11) is 1.28. The summed E-state index contributed by atoms with van der Waals surface area (Å²) in [4.78, 5) is 22.8. The van der Waals surface area contributed by atoms with E-state index in [-0.39, 0.29) is 12.2 Å². The van der Waals surface area contributed by atoms with Crippen molar-refractivity contribution in [1.29, 1.82) is 0 Å². The molecule has 0 unspecified atom stereocenters. The van der Waals surface area contributed by atoms with Crippen LogP contribution in [-0.4, -0.2) is 18.9 Å². The fourth-order valence-electron chi connectivity index (χ4n) is 1.56. The van der Waals surface area contributed by atoms with E-state index in [0.717, 1.165) is 16.7 Å². The summed E-state index contributed by atoms with van der Waals surface area (Å²) in [5, 5.41) is 0. The maximum absolute atomic E-state index is 11.8. The summed E-state index contributed by atoms with van der Waals surface area (Å²) in [5.74, 6) is -0.685. The first-order valence-electron chi connectivity index (χ1n) is 5.14. The maximum atomic E-state index is 11.8. The van der Waals surface area contributed by atoms with E-state index in [4.69, 9.17) is 0 Å². The zero-order chi connectivity index (χ0) is 12.3. The Balaban J connectivity index is 3.01. The van der Waals surface area contributed by atoms with Crippen molar-refractivity contribution < 1.29 is 14.3 Å². The van der Waals surface area contributed by atoms with Gasteiger partial charge in [0.2, 0.25) is 0 Å².